The summed E-state index contributed by atoms with van der Waals surface area (Å²) in [7, 11) is -3.27. The smallest absolute Gasteiger partial charge is 0.303 e. The minimum Gasteiger partial charge on any atom is -0.481 e. The number of carbonyl (C=O) groups excluding carboxylic acids is 1. The second-order valence-corrected chi connectivity index (χ2v) is 7.65. The number of hydrogen-bond acceptors (Lipinski definition) is 4. The summed E-state index contributed by atoms with van der Waals surface area (Å²) >= 11 is 0. The first kappa shape index (κ1) is 16.5. The highest BCUT2D eigenvalue weighted by Gasteiger charge is 2.25. The fraction of sp³-hybridized carbons (Fsp3) is 0.467. The van der Waals surface area contributed by atoms with Gasteiger partial charge in [0.25, 0.3) is 5.91 Å². The molecular formula is C15H19NO5S. The van der Waals surface area contributed by atoms with E-state index in [9.17, 15) is 18.0 Å². The lowest BCUT2D eigenvalue weighted by molar-refractivity contribution is -0.138. The van der Waals surface area contributed by atoms with Crippen LogP contribution in [-0.4, -0.2) is 49.6 Å². The molecule has 0 unspecified atom stereocenters. The molecule has 1 N–H and O–H groups in total. The minimum absolute atomic E-state index is 0.120. The quantitative estimate of drug-likeness (QED) is 0.904. The zero-order chi connectivity index (χ0) is 16.3. The van der Waals surface area contributed by atoms with Crippen LogP contribution in [0.1, 0.15) is 29.6 Å². The first-order valence-corrected chi connectivity index (χ1v) is 8.97. The number of hydrogen-bond donors (Lipinski definition) is 1. The van der Waals surface area contributed by atoms with E-state index in [1.165, 1.54) is 24.3 Å². The van der Waals surface area contributed by atoms with Crippen molar-refractivity contribution in [1.29, 1.82) is 0 Å². The van der Waals surface area contributed by atoms with Crippen molar-refractivity contribution in [2.75, 3.05) is 19.3 Å². The zero-order valence-corrected chi connectivity index (χ0v) is 13.2. The Labute approximate surface area is 129 Å². The fourth-order valence-corrected chi connectivity index (χ4v) is 3.24. The normalized spacial score (nSPS) is 16.5. The van der Waals surface area contributed by atoms with E-state index in [4.69, 9.17) is 5.11 Å². The number of sulfone groups is 1. The van der Waals surface area contributed by atoms with E-state index < -0.39 is 15.8 Å². The predicted molar refractivity (Wildman–Crippen MR) is 80.4 cm³/mol. The first-order valence-electron chi connectivity index (χ1n) is 7.08. The molecule has 1 aliphatic rings. The molecule has 0 atom stereocenters. The number of piperidine rings is 1. The molecule has 0 saturated carbocycles. The maximum absolute atomic E-state index is 12.3. The molecule has 120 valence electrons. The van der Waals surface area contributed by atoms with Crippen LogP contribution in [0.4, 0.5) is 0 Å². The molecule has 1 amide bonds. The third kappa shape index (κ3) is 4.07. The topological polar surface area (TPSA) is 91.8 Å². The summed E-state index contributed by atoms with van der Waals surface area (Å²) in [6, 6.07) is 5.89. The fourth-order valence-electron chi connectivity index (χ4n) is 2.61. The van der Waals surface area contributed by atoms with Gasteiger partial charge < -0.3 is 10.0 Å². The van der Waals surface area contributed by atoms with E-state index >= 15 is 0 Å². The summed E-state index contributed by atoms with van der Waals surface area (Å²) in [6.45, 7) is 1.06. The Morgan fingerprint density at radius 1 is 1.18 bits per heavy atom. The molecule has 0 spiro atoms. The number of carboxylic acid groups (broad SMARTS) is 1. The molecule has 0 radical (unpaired) electrons. The van der Waals surface area contributed by atoms with E-state index in [-0.39, 0.29) is 23.1 Å². The Bertz CT molecular complexity index is 658. The second-order valence-electron chi connectivity index (χ2n) is 5.63. The van der Waals surface area contributed by atoms with Crippen molar-refractivity contribution in [2.45, 2.75) is 24.2 Å². The van der Waals surface area contributed by atoms with Crippen LogP contribution >= 0.6 is 0 Å². The molecule has 1 saturated heterocycles. The Balaban J connectivity index is 2.00. The molecule has 2 rings (SSSR count). The van der Waals surface area contributed by atoms with Gasteiger partial charge in [-0.3, -0.25) is 9.59 Å². The van der Waals surface area contributed by atoms with Crippen LogP contribution in [0.2, 0.25) is 0 Å². The molecule has 0 bridgehead atoms. The van der Waals surface area contributed by atoms with Crippen molar-refractivity contribution < 1.29 is 23.1 Å². The number of rotatable bonds is 4. The van der Waals surface area contributed by atoms with Crippen molar-refractivity contribution in [1.82, 2.24) is 4.90 Å². The van der Waals surface area contributed by atoms with E-state index in [1.54, 1.807) is 4.90 Å². The third-order valence-corrected chi connectivity index (χ3v) is 5.02. The Morgan fingerprint density at radius 2 is 1.73 bits per heavy atom. The van der Waals surface area contributed by atoms with Crippen molar-refractivity contribution in [3.05, 3.63) is 29.8 Å². The average Bonchev–Trinajstić information content (AvgIpc) is 2.46. The Kier molecular flexibility index (Phi) is 4.85. The molecule has 1 fully saturated rings. The minimum atomic E-state index is -3.27. The largest absolute Gasteiger partial charge is 0.481 e. The van der Waals surface area contributed by atoms with E-state index in [1.807, 2.05) is 0 Å². The molecule has 0 aliphatic carbocycles. The van der Waals surface area contributed by atoms with E-state index in [0.29, 0.717) is 31.5 Å². The van der Waals surface area contributed by atoms with Gasteiger partial charge in [0.1, 0.15) is 0 Å². The molecular weight excluding hydrogens is 306 g/mol. The average molecular weight is 325 g/mol. The number of carboxylic acids is 1. The molecule has 1 aromatic carbocycles. The number of nitrogens with zero attached hydrogens (tertiary/aromatic N) is 1. The molecule has 22 heavy (non-hydrogen) atoms. The monoisotopic (exact) mass is 325 g/mol. The van der Waals surface area contributed by atoms with Crippen molar-refractivity contribution >= 4 is 21.7 Å². The van der Waals surface area contributed by atoms with Gasteiger partial charge in [0, 0.05) is 31.3 Å². The summed E-state index contributed by atoms with van der Waals surface area (Å²) in [5, 5.41) is 8.78. The maximum atomic E-state index is 12.3. The van der Waals surface area contributed by atoms with E-state index in [0.717, 1.165) is 6.26 Å². The lowest BCUT2D eigenvalue weighted by Crippen LogP contribution is -2.38. The summed E-state index contributed by atoms with van der Waals surface area (Å²) in [4.78, 5) is 24.9. The molecule has 0 aromatic heterocycles. The zero-order valence-electron chi connectivity index (χ0n) is 12.4. The van der Waals surface area contributed by atoms with Crippen molar-refractivity contribution in [3.8, 4) is 0 Å². The van der Waals surface area contributed by atoms with Crippen molar-refractivity contribution in [2.24, 2.45) is 5.92 Å². The number of carbonyl (C=O) groups is 2. The van der Waals surface area contributed by atoms with Crippen LogP contribution in [-0.2, 0) is 14.6 Å². The van der Waals surface area contributed by atoms with Gasteiger partial charge in [0.2, 0.25) is 0 Å². The highest BCUT2D eigenvalue weighted by atomic mass is 32.2. The highest BCUT2D eigenvalue weighted by Crippen LogP contribution is 2.22. The number of aliphatic carboxylic acids is 1. The van der Waals surface area contributed by atoms with E-state index in [2.05, 4.69) is 0 Å². The molecule has 1 aliphatic heterocycles. The lowest BCUT2D eigenvalue weighted by Gasteiger charge is -2.31. The van der Waals surface area contributed by atoms with Crippen molar-refractivity contribution in [3.63, 3.8) is 0 Å². The maximum Gasteiger partial charge on any atom is 0.303 e. The van der Waals surface area contributed by atoms with Gasteiger partial charge in [-0.05, 0) is 43.0 Å². The third-order valence-electron chi connectivity index (χ3n) is 3.89. The van der Waals surface area contributed by atoms with Crippen LogP contribution in [0.15, 0.2) is 29.2 Å². The predicted octanol–water partition coefficient (Wildman–Crippen LogP) is 1.42. The number of benzene rings is 1. The first-order chi connectivity index (χ1) is 10.3. The van der Waals surface area contributed by atoms with Crippen LogP contribution in [0.5, 0.6) is 0 Å². The van der Waals surface area contributed by atoms with Gasteiger partial charge in [-0.15, -0.1) is 0 Å². The molecule has 1 heterocycles. The number of likely N-dealkylation sites (tertiary alicyclic amines) is 1. The van der Waals surface area contributed by atoms with Gasteiger partial charge in [-0.2, -0.15) is 0 Å². The summed E-state index contributed by atoms with van der Waals surface area (Å²) in [5.74, 6) is -0.830. The second kappa shape index (κ2) is 6.48. The summed E-state index contributed by atoms with van der Waals surface area (Å²) < 4.78 is 22.8. The van der Waals surface area contributed by atoms with Crippen LogP contribution in [0.3, 0.4) is 0 Å². The molecule has 6 nitrogen and oxygen atoms in total. The summed E-state index contributed by atoms with van der Waals surface area (Å²) in [5.41, 5.74) is 0.448. The van der Waals surface area contributed by atoms with Crippen LogP contribution in [0, 0.1) is 5.92 Å². The lowest BCUT2D eigenvalue weighted by atomic mass is 9.93. The van der Waals surface area contributed by atoms with Crippen LogP contribution < -0.4 is 0 Å². The SMILES string of the molecule is CS(=O)(=O)c1ccc(C(=O)N2CCC(CC(=O)O)CC2)cc1. The number of amides is 1. The van der Waals surface area contributed by atoms with Gasteiger partial charge in [0.15, 0.2) is 9.84 Å². The molecule has 7 heteroatoms. The highest BCUT2D eigenvalue weighted by molar-refractivity contribution is 7.90. The van der Waals surface area contributed by atoms with Gasteiger partial charge in [-0.25, -0.2) is 8.42 Å². The standard InChI is InChI=1S/C15H19NO5S/c1-22(20,21)13-4-2-12(3-5-13)15(19)16-8-6-11(7-9-16)10-14(17)18/h2-5,11H,6-10H2,1H3,(H,17,18). The Hall–Kier alpha value is -1.89. The molecule has 1 aromatic rings. The van der Waals surface area contributed by atoms with Gasteiger partial charge in [-0.1, -0.05) is 0 Å². The summed E-state index contributed by atoms with van der Waals surface area (Å²) in [6.07, 6.45) is 2.63. The Morgan fingerprint density at radius 3 is 2.18 bits per heavy atom. The van der Waals surface area contributed by atoms with Gasteiger partial charge >= 0.3 is 5.97 Å². The van der Waals surface area contributed by atoms with Gasteiger partial charge in [0.05, 0.1) is 4.90 Å². The van der Waals surface area contributed by atoms with Crippen LogP contribution in [0.25, 0.3) is 0 Å².